The number of benzene rings is 2. The van der Waals surface area contributed by atoms with E-state index in [2.05, 4.69) is 34.6 Å². The standard InChI is InChI=1S/C24H30N4O3/c1-3-24(19-12-7-5-8-13-19)22(30)28(23(31)26-24)18-21(29)25-16-11-17-27(4-2)20-14-9-6-10-15-20/h5-10,12-15H,3-4,11,16-18H2,1-2H3,(H,25,29)(H,26,31). The van der Waals surface area contributed by atoms with E-state index in [1.165, 1.54) is 0 Å². The molecule has 1 heterocycles. The molecule has 0 spiro atoms. The van der Waals surface area contributed by atoms with Crippen LogP contribution in [0.4, 0.5) is 10.5 Å². The van der Waals surface area contributed by atoms with Crippen molar-refractivity contribution < 1.29 is 14.4 Å². The molecular formula is C24H30N4O3. The molecular weight excluding hydrogens is 392 g/mol. The van der Waals surface area contributed by atoms with E-state index >= 15 is 0 Å². The third-order valence-corrected chi connectivity index (χ3v) is 5.70. The predicted molar refractivity (Wildman–Crippen MR) is 121 cm³/mol. The fourth-order valence-corrected chi connectivity index (χ4v) is 3.94. The Balaban J connectivity index is 1.52. The summed E-state index contributed by atoms with van der Waals surface area (Å²) >= 11 is 0. The number of anilines is 1. The zero-order chi connectivity index (χ0) is 22.3. The molecule has 0 aliphatic carbocycles. The van der Waals surface area contributed by atoms with Gasteiger partial charge in [-0.2, -0.15) is 0 Å². The first-order valence-corrected chi connectivity index (χ1v) is 10.8. The van der Waals surface area contributed by atoms with E-state index in [1.807, 2.05) is 55.5 Å². The Morgan fingerprint density at radius 2 is 1.68 bits per heavy atom. The molecule has 31 heavy (non-hydrogen) atoms. The number of carbonyl (C=O) groups is 3. The van der Waals surface area contributed by atoms with E-state index in [0.29, 0.717) is 13.0 Å². The second-order valence-electron chi connectivity index (χ2n) is 7.57. The zero-order valence-corrected chi connectivity index (χ0v) is 18.1. The topological polar surface area (TPSA) is 81.8 Å². The molecule has 7 heteroatoms. The van der Waals surface area contributed by atoms with E-state index in [1.54, 1.807) is 0 Å². The Hall–Kier alpha value is -3.35. The number of imide groups is 1. The first-order chi connectivity index (χ1) is 15.0. The number of rotatable bonds is 10. The summed E-state index contributed by atoms with van der Waals surface area (Å²) in [4.78, 5) is 41.2. The van der Waals surface area contributed by atoms with Crippen molar-refractivity contribution in [3.63, 3.8) is 0 Å². The van der Waals surface area contributed by atoms with Crippen LogP contribution >= 0.6 is 0 Å². The van der Waals surface area contributed by atoms with Gasteiger partial charge in [0.1, 0.15) is 12.1 Å². The lowest BCUT2D eigenvalue weighted by atomic mass is 9.87. The highest BCUT2D eigenvalue weighted by Crippen LogP contribution is 2.32. The fraction of sp³-hybridized carbons (Fsp3) is 0.375. The summed E-state index contributed by atoms with van der Waals surface area (Å²) in [5, 5.41) is 5.62. The number of carbonyl (C=O) groups excluding carboxylic acids is 3. The quantitative estimate of drug-likeness (QED) is 0.456. The van der Waals surface area contributed by atoms with Crippen molar-refractivity contribution in [2.45, 2.75) is 32.2 Å². The smallest absolute Gasteiger partial charge is 0.325 e. The van der Waals surface area contributed by atoms with Gasteiger partial charge >= 0.3 is 6.03 Å². The number of nitrogens with zero attached hydrogens (tertiary/aromatic N) is 2. The van der Waals surface area contributed by atoms with Crippen molar-refractivity contribution in [3.05, 3.63) is 66.2 Å². The minimum Gasteiger partial charge on any atom is -0.372 e. The summed E-state index contributed by atoms with van der Waals surface area (Å²) in [6.45, 7) is 5.81. The van der Waals surface area contributed by atoms with Crippen molar-refractivity contribution in [3.8, 4) is 0 Å². The van der Waals surface area contributed by atoms with Crippen molar-refractivity contribution in [2.24, 2.45) is 0 Å². The Morgan fingerprint density at radius 3 is 2.29 bits per heavy atom. The lowest BCUT2D eigenvalue weighted by molar-refractivity contribution is -0.135. The number of hydrogen-bond acceptors (Lipinski definition) is 4. The average molecular weight is 423 g/mol. The van der Waals surface area contributed by atoms with E-state index in [4.69, 9.17) is 0 Å². The van der Waals surface area contributed by atoms with Gasteiger partial charge in [0.05, 0.1) is 0 Å². The average Bonchev–Trinajstić information content (AvgIpc) is 3.05. The SMILES string of the molecule is CCN(CCCNC(=O)CN1C(=O)NC(CC)(c2ccccc2)C1=O)c1ccccc1. The summed E-state index contributed by atoms with van der Waals surface area (Å²) in [6.07, 6.45) is 1.17. The molecule has 164 valence electrons. The van der Waals surface area contributed by atoms with Gasteiger partial charge in [0, 0.05) is 25.3 Å². The molecule has 1 atom stereocenters. The van der Waals surface area contributed by atoms with Gasteiger partial charge in [0.25, 0.3) is 5.91 Å². The van der Waals surface area contributed by atoms with E-state index < -0.39 is 11.6 Å². The molecule has 2 aromatic carbocycles. The lowest BCUT2D eigenvalue weighted by Crippen LogP contribution is -2.45. The summed E-state index contributed by atoms with van der Waals surface area (Å²) in [5.41, 5.74) is 0.752. The third kappa shape index (κ3) is 4.87. The number of urea groups is 1. The maximum Gasteiger partial charge on any atom is 0.325 e. The number of nitrogens with one attached hydrogen (secondary N) is 2. The van der Waals surface area contributed by atoms with Crippen LogP contribution in [0.3, 0.4) is 0 Å². The van der Waals surface area contributed by atoms with Crippen molar-refractivity contribution in [2.75, 3.05) is 31.1 Å². The van der Waals surface area contributed by atoms with Gasteiger partial charge in [-0.1, -0.05) is 55.5 Å². The highest BCUT2D eigenvalue weighted by atomic mass is 16.2. The van der Waals surface area contributed by atoms with Crippen LogP contribution in [0.25, 0.3) is 0 Å². The fourth-order valence-electron chi connectivity index (χ4n) is 3.94. The van der Waals surface area contributed by atoms with Gasteiger partial charge in [0.15, 0.2) is 0 Å². The third-order valence-electron chi connectivity index (χ3n) is 5.70. The van der Waals surface area contributed by atoms with Crippen LogP contribution in [0.5, 0.6) is 0 Å². The van der Waals surface area contributed by atoms with Crippen molar-refractivity contribution in [1.82, 2.24) is 15.5 Å². The minimum absolute atomic E-state index is 0.282. The summed E-state index contributed by atoms with van der Waals surface area (Å²) in [5.74, 6) is -0.728. The van der Waals surface area contributed by atoms with Gasteiger partial charge in [0.2, 0.25) is 5.91 Å². The molecule has 1 unspecified atom stereocenters. The normalized spacial score (nSPS) is 18.1. The molecule has 1 aliphatic rings. The van der Waals surface area contributed by atoms with Crippen LogP contribution in [0.1, 0.15) is 32.3 Å². The molecule has 0 radical (unpaired) electrons. The maximum absolute atomic E-state index is 13.1. The Labute approximate surface area is 183 Å². The molecule has 7 nitrogen and oxygen atoms in total. The predicted octanol–water partition coefficient (Wildman–Crippen LogP) is 2.88. The van der Waals surface area contributed by atoms with Gasteiger partial charge < -0.3 is 15.5 Å². The van der Waals surface area contributed by atoms with E-state index in [0.717, 1.165) is 35.7 Å². The molecule has 1 saturated heterocycles. The van der Waals surface area contributed by atoms with Gasteiger partial charge in [-0.15, -0.1) is 0 Å². The number of hydrogen-bond donors (Lipinski definition) is 2. The van der Waals surface area contributed by atoms with E-state index in [9.17, 15) is 14.4 Å². The molecule has 4 amide bonds. The molecule has 1 fully saturated rings. The van der Waals surface area contributed by atoms with Crippen LogP contribution in [0, 0.1) is 0 Å². The maximum atomic E-state index is 13.1. The monoisotopic (exact) mass is 422 g/mol. The van der Waals surface area contributed by atoms with Crippen LogP contribution in [-0.2, 0) is 15.1 Å². The molecule has 1 aliphatic heterocycles. The summed E-state index contributed by atoms with van der Waals surface area (Å²) in [6, 6.07) is 18.7. The summed E-state index contributed by atoms with van der Waals surface area (Å²) < 4.78 is 0. The molecule has 0 saturated carbocycles. The van der Waals surface area contributed by atoms with Crippen LogP contribution in [0.15, 0.2) is 60.7 Å². The van der Waals surface area contributed by atoms with Crippen LogP contribution in [0.2, 0.25) is 0 Å². The minimum atomic E-state index is -1.12. The van der Waals surface area contributed by atoms with Crippen molar-refractivity contribution >= 4 is 23.5 Å². The van der Waals surface area contributed by atoms with E-state index in [-0.39, 0.29) is 18.4 Å². The Morgan fingerprint density at radius 1 is 1.03 bits per heavy atom. The largest absolute Gasteiger partial charge is 0.372 e. The molecule has 2 aromatic rings. The highest BCUT2D eigenvalue weighted by Gasteiger charge is 2.51. The Kier molecular flexibility index (Phi) is 7.28. The molecule has 2 N–H and O–H groups in total. The molecule has 3 rings (SSSR count). The van der Waals surface area contributed by atoms with Gasteiger partial charge in [-0.3, -0.25) is 14.5 Å². The van der Waals surface area contributed by atoms with Gasteiger partial charge in [-0.25, -0.2) is 4.79 Å². The Bertz CT molecular complexity index is 904. The molecule has 0 bridgehead atoms. The zero-order valence-electron chi connectivity index (χ0n) is 18.1. The lowest BCUT2D eigenvalue weighted by Gasteiger charge is -2.25. The van der Waals surface area contributed by atoms with Crippen LogP contribution < -0.4 is 15.5 Å². The second kappa shape index (κ2) is 10.1. The first-order valence-electron chi connectivity index (χ1n) is 10.8. The molecule has 0 aromatic heterocycles. The van der Waals surface area contributed by atoms with Gasteiger partial charge in [-0.05, 0) is 37.5 Å². The first kappa shape index (κ1) is 22.3. The van der Waals surface area contributed by atoms with Crippen LogP contribution in [-0.4, -0.2) is 48.9 Å². The van der Waals surface area contributed by atoms with Crippen molar-refractivity contribution in [1.29, 1.82) is 0 Å². The highest BCUT2D eigenvalue weighted by molar-refractivity contribution is 6.09. The second-order valence-corrected chi connectivity index (χ2v) is 7.57. The number of amides is 4. The summed E-state index contributed by atoms with van der Waals surface area (Å²) in [7, 11) is 0. The number of para-hydroxylation sites is 1.